The van der Waals surface area contributed by atoms with Crippen LogP contribution in [0, 0.1) is 17.8 Å². The van der Waals surface area contributed by atoms with E-state index in [-0.39, 0.29) is 5.97 Å². The maximum Gasteiger partial charge on any atom is 0.349 e. The van der Waals surface area contributed by atoms with E-state index in [1.165, 1.54) is 43.2 Å². The van der Waals surface area contributed by atoms with Crippen LogP contribution in [0.1, 0.15) is 64.5 Å². The van der Waals surface area contributed by atoms with Gasteiger partial charge in [-0.2, -0.15) is 0 Å². The molecule has 2 aromatic rings. The Labute approximate surface area is 188 Å². The Kier molecular flexibility index (Phi) is 8.17. The lowest BCUT2D eigenvalue weighted by Crippen LogP contribution is -2.39. The van der Waals surface area contributed by atoms with Crippen LogP contribution in [0.5, 0.6) is 5.75 Å². The topological polar surface area (TPSA) is 35.5 Å². The van der Waals surface area contributed by atoms with Gasteiger partial charge in [-0.3, -0.25) is 0 Å². The molecular weight excluding hydrogens is 384 g/mol. The second-order valence-electron chi connectivity index (χ2n) is 9.64. The minimum absolute atomic E-state index is 0.337. The van der Waals surface area contributed by atoms with Gasteiger partial charge in [0.05, 0.1) is 6.61 Å². The van der Waals surface area contributed by atoms with Gasteiger partial charge in [0, 0.05) is 0 Å². The Hall–Kier alpha value is -2.29. The van der Waals surface area contributed by atoms with E-state index in [4.69, 9.17) is 9.47 Å². The van der Waals surface area contributed by atoms with Gasteiger partial charge in [0.25, 0.3) is 0 Å². The molecule has 0 saturated heterocycles. The number of hydrogen-bond donors (Lipinski definition) is 0. The summed E-state index contributed by atoms with van der Waals surface area (Å²) in [6.45, 7) is 8.09. The summed E-state index contributed by atoms with van der Waals surface area (Å²) >= 11 is 0. The van der Waals surface area contributed by atoms with Crippen molar-refractivity contribution in [1.29, 1.82) is 0 Å². The molecule has 1 aliphatic carbocycles. The molecule has 0 heterocycles. The molecule has 3 unspecified atom stereocenters. The molecule has 2 aromatic carbocycles. The van der Waals surface area contributed by atoms with Gasteiger partial charge in [-0.15, -0.1) is 0 Å². The number of rotatable bonds is 8. The number of esters is 1. The first kappa shape index (κ1) is 23.4. The number of hydrogen-bond acceptors (Lipinski definition) is 3. The van der Waals surface area contributed by atoms with Crippen LogP contribution in [0.3, 0.4) is 0 Å². The standard InChI is InChI=1S/C28H38O3/c1-5-30-27(29)28(3,4)31-26-16-14-23(15-17-26)19-25-20-24(13-9-10-21(25)2)18-22-11-7-6-8-12-22/h6-8,11-12,14-17,21,24-25H,5,9-10,13,18-20H2,1-4H3. The fourth-order valence-corrected chi connectivity index (χ4v) is 4.80. The molecule has 0 amide bonds. The Morgan fingerprint density at radius 1 is 0.968 bits per heavy atom. The summed E-state index contributed by atoms with van der Waals surface area (Å²) in [6.07, 6.45) is 7.60. The van der Waals surface area contributed by atoms with Crippen molar-refractivity contribution in [3.05, 3.63) is 65.7 Å². The molecular formula is C28H38O3. The van der Waals surface area contributed by atoms with Crippen molar-refractivity contribution in [2.24, 2.45) is 17.8 Å². The van der Waals surface area contributed by atoms with Gasteiger partial charge in [-0.05, 0) is 81.0 Å². The molecule has 0 aromatic heterocycles. The van der Waals surface area contributed by atoms with E-state index < -0.39 is 5.60 Å². The van der Waals surface area contributed by atoms with Gasteiger partial charge in [0.1, 0.15) is 5.75 Å². The zero-order valence-corrected chi connectivity index (χ0v) is 19.6. The Balaban J connectivity index is 1.61. The van der Waals surface area contributed by atoms with Crippen LogP contribution >= 0.6 is 0 Å². The molecule has 1 saturated carbocycles. The largest absolute Gasteiger partial charge is 0.476 e. The maximum absolute atomic E-state index is 12.1. The summed E-state index contributed by atoms with van der Waals surface area (Å²) in [5.41, 5.74) is 1.82. The predicted molar refractivity (Wildman–Crippen MR) is 126 cm³/mol. The fourth-order valence-electron chi connectivity index (χ4n) is 4.80. The van der Waals surface area contributed by atoms with Crippen molar-refractivity contribution in [1.82, 2.24) is 0 Å². The molecule has 3 heteroatoms. The molecule has 1 aliphatic rings. The van der Waals surface area contributed by atoms with Gasteiger partial charge in [-0.1, -0.05) is 68.7 Å². The first-order valence-electron chi connectivity index (χ1n) is 11.9. The highest BCUT2D eigenvalue weighted by Gasteiger charge is 2.31. The summed E-state index contributed by atoms with van der Waals surface area (Å²) in [4.78, 5) is 12.1. The van der Waals surface area contributed by atoms with E-state index in [0.717, 1.165) is 18.3 Å². The number of benzene rings is 2. The quantitative estimate of drug-likeness (QED) is 0.353. The Morgan fingerprint density at radius 2 is 1.65 bits per heavy atom. The highest BCUT2D eigenvalue weighted by Crippen LogP contribution is 2.36. The number of carbonyl (C=O) groups is 1. The maximum atomic E-state index is 12.1. The molecule has 0 spiro atoms. The van der Waals surface area contributed by atoms with Crippen molar-refractivity contribution in [3.63, 3.8) is 0 Å². The zero-order valence-electron chi connectivity index (χ0n) is 19.6. The Morgan fingerprint density at radius 3 is 2.32 bits per heavy atom. The first-order chi connectivity index (χ1) is 14.9. The molecule has 0 aliphatic heterocycles. The van der Waals surface area contributed by atoms with Crippen LogP contribution < -0.4 is 4.74 Å². The van der Waals surface area contributed by atoms with E-state index in [2.05, 4.69) is 49.4 Å². The molecule has 0 radical (unpaired) electrons. The smallest absolute Gasteiger partial charge is 0.349 e. The second kappa shape index (κ2) is 10.8. The van der Waals surface area contributed by atoms with Crippen molar-refractivity contribution in [2.75, 3.05) is 6.61 Å². The lowest BCUT2D eigenvalue weighted by molar-refractivity contribution is -0.158. The van der Waals surface area contributed by atoms with Crippen molar-refractivity contribution < 1.29 is 14.3 Å². The highest BCUT2D eigenvalue weighted by atomic mass is 16.6. The lowest BCUT2D eigenvalue weighted by Gasteiger charge is -2.26. The zero-order chi connectivity index (χ0) is 22.3. The van der Waals surface area contributed by atoms with E-state index in [9.17, 15) is 4.79 Å². The van der Waals surface area contributed by atoms with Crippen LogP contribution in [-0.2, 0) is 22.4 Å². The van der Waals surface area contributed by atoms with Crippen LogP contribution in [0.15, 0.2) is 54.6 Å². The third-order valence-corrected chi connectivity index (χ3v) is 6.64. The fraction of sp³-hybridized carbons (Fsp3) is 0.536. The summed E-state index contributed by atoms with van der Waals surface area (Å²) in [5, 5.41) is 0. The van der Waals surface area contributed by atoms with Crippen LogP contribution in [0.2, 0.25) is 0 Å². The first-order valence-corrected chi connectivity index (χ1v) is 11.9. The summed E-state index contributed by atoms with van der Waals surface area (Å²) in [6, 6.07) is 19.2. The molecule has 0 N–H and O–H groups in total. The third kappa shape index (κ3) is 6.85. The van der Waals surface area contributed by atoms with E-state index in [1.807, 2.05) is 19.1 Å². The molecule has 31 heavy (non-hydrogen) atoms. The average Bonchev–Trinajstić information content (AvgIpc) is 2.91. The normalized spacial score (nSPS) is 21.9. The summed E-state index contributed by atoms with van der Waals surface area (Å²) in [7, 11) is 0. The minimum atomic E-state index is -0.988. The van der Waals surface area contributed by atoms with Crippen LogP contribution in [-0.4, -0.2) is 18.2 Å². The molecule has 3 nitrogen and oxygen atoms in total. The van der Waals surface area contributed by atoms with Gasteiger partial charge >= 0.3 is 5.97 Å². The van der Waals surface area contributed by atoms with E-state index in [0.29, 0.717) is 18.3 Å². The molecule has 1 fully saturated rings. The molecule has 168 valence electrons. The minimum Gasteiger partial charge on any atom is -0.476 e. The highest BCUT2D eigenvalue weighted by molar-refractivity contribution is 5.79. The summed E-state index contributed by atoms with van der Waals surface area (Å²) < 4.78 is 11.0. The summed E-state index contributed by atoms with van der Waals surface area (Å²) in [5.74, 6) is 2.59. The monoisotopic (exact) mass is 422 g/mol. The number of carbonyl (C=O) groups excluding carboxylic acids is 1. The molecule has 0 bridgehead atoms. The van der Waals surface area contributed by atoms with Gasteiger partial charge in [0.2, 0.25) is 0 Å². The average molecular weight is 423 g/mol. The van der Waals surface area contributed by atoms with Gasteiger partial charge in [0.15, 0.2) is 5.60 Å². The van der Waals surface area contributed by atoms with Crippen LogP contribution in [0.25, 0.3) is 0 Å². The van der Waals surface area contributed by atoms with Gasteiger partial charge in [-0.25, -0.2) is 4.79 Å². The molecule has 3 atom stereocenters. The predicted octanol–water partition coefficient (Wildman–Crippen LogP) is 6.63. The Bertz CT molecular complexity index is 810. The second-order valence-corrected chi connectivity index (χ2v) is 9.64. The SMILES string of the molecule is CCOC(=O)C(C)(C)Oc1ccc(CC2CC(Cc3ccccc3)CCCC2C)cc1. The van der Waals surface area contributed by atoms with E-state index in [1.54, 1.807) is 13.8 Å². The van der Waals surface area contributed by atoms with Crippen molar-refractivity contribution in [3.8, 4) is 5.75 Å². The van der Waals surface area contributed by atoms with E-state index >= 15 is 0 Å². The van der Waals surface area contributed by atoms with Crippen LogP contribution in [0.4, 0.5) is 0 Å². The van der Waals surface area contributed by atoms with Crippen molar-refractivity contribution in [2.45, 2.75) is 71.8 Å². The third-order valence-electron chi connectivity index (χ3n) is 6.64. The lowest BCUT2D eigenvalue weighted by atomic mass is 9.81. The number of ether oxygens (including phenoxy) is 2. The molecule has 3 rings (SSSR count). The van der Waals surface area contributed by atoms with Gasteiger partial charge < -0.3 is 9.47 Å². The van der Waals surface area contributed by atoms with Crippen molar-refractivity contribution >= 4 is 5.97 Å².